The number of hydrogen-bond acceptors (Lipinski definition) is 5. The van der Waals surface area contributed by atoms with Crippen molar-refractivity contribution in [1.29, 1.82) is 0 Å². The number of sulfonamides is 1. The van der Waals surface area contributed by atoms with Gasteiger partial charge in [0.1, 0.15) is 11.7 Å². The average Bonchev–Trinajstić information content (AvgIpc) is 3.20. The van der Waals surface area contributed by atoms with Gasteiger partial charge in [0.2, 0.25) is 5.91 Å². The molecule has 2 amide bonds. The van der Waals surface area contributed by atoms with Crippen LogP contribution in [0.5, 0.6) is 0 Å². The van der Waals surface area contributed by atoms with E-state index in [0.717, 1.165) is 4.68 Å². The standard InChI is InChI=1S/C22H17FN5O4S/c1-13(29)26-16-7-9-18(10-8-16)33(31,32)27-17-5-2-14(3-6-17)19-11-4-15-12-25-28(22(24)30)21(15)20(19)23/h2-11,27H,1H3,(H2,24,30)(H,26,29). The number of aromatic nitrogens is 2. The summed E-state index contributed by atoms with van der Waals surface area (Å²) in [6.45, 7) is 1.35. The number of benzene rings is 3. The van der Waals surface area contributed by atoms with Crippen LogP contribution < -0.4 is 15.8 Å². The molecule has 0 atom stereocenters. The highest BCUT2D eigenvalue weighted by Crippen LogP contribution is 2.30. The van der Waals surface area contributed by atoms with Gasteiger partial charge in [-0.15, -0.1) is 0 Å². The molecule has 4 rings (SSSR count). The molecule has 3 aromatic carbocycles. The van der Waals surface area contributed by atoms with Crippen LogP contribution in [0, 0.1) is 12.0 Å². The van der Waals surface area contributed by atoms with Crippen LogP contribution in [-0.2, 0) is 14.8 Å². The molecular weight excluding hydrogens is 449 g/mol. The Morgan fingerprint density at radius 1 is 1.00 bits per heavy atom. The van der Waals surface area contributed by atoms with Gasteiger partial charge in [-0.1, -0.05) is 18.2 Å². The maximum Gasteiger partial charge on any atom is 0.340 e. The summed E-state index contributed by atoms with van der Waals surface area (Å²) in [5.41, 5.74) is 6.51. The maximum atomic E-state index is 15.1. The maximum absolute atomic E-state index is 15.1. The number of halogens is 1. The van der Waals surface area contributed by atoms with Crippen LogP contribution in [0.3, 0.4) is 0 Å². The Morgan fingerprint density at radius 3 is 2.24 bits per heavy atom. The lowest BCUT2D eigenvalue weighted by molar-refractivity contribution is -0.114. The zero-order valence-corrected chi connectivity index (χ0v) is 18.0. The number of primary amides is 1. The number of hydrogen-bond donors (Lipinski definition) is 3. The van der Waals surface area contributed by atoms with Gasteiger partial charge in [0.25, 0.3) is 10.0 Å². The minimum Gasteiger partial charge on any atom is -0.350 e. The molecule has 0 unspecified atom stereocenters. The Labute approximate surface area is 188 Å². The molecule has 0 fully saturated rings. The fourth-order valence-corrected chi connectivity index (χ4v) is 4.31. The van der Waals surface area contributed by atoms with Crippen molar-refractivity contribution in [3.8, 4) is 11.1 Å². The summed E-state index contributed by atoms with van der Waals surface area (Å²) in [6, 6.07) is 13.9. The number of fused-ring (bicyclic) bond motifs is 1. The summed E-state index contributed by atoms with van der Waals surface area (Å²) in [4.78, 5) is 22.6. The first-order chi connectivity index (χ1) is 15.7. The third-order valence-electron chi connectivity index (χ3n) is 4.74. The van der Waals surface area contributed by atoms with E-state index in [1.807, 2.05) is 0 Å². The van der Waals surface area contributed by atoms with Gasteiger partial charge >= 0.3 is 6.03 Å². The van der Waals surface area contributed by atoms with Crippen LogP contribution in [0.15, 0.2) is 65.6 Å². The number of nitrogens with one attached hydrogen (secondary N) is 2. The molecule has 0 saturated heterocycles. The molecule has 4 N–H and O–H groups in total. The van der Waals surface area contributed by atoms with Gasteiger partial charge < -0.3 is 11.1 Å². The Balaban J connectivity index is 1.59. The van der Waals surface area contributed by atoms with Crippen LogP contribution in [0.2, 0.25) is 0 Å². The lowest BCUT2D eigenvalue weighted by Crippen LogP contribution is -2.21. The first-order valence-corrected chi connectivity index (χ1v) is 11.0. The van der Waals surface area contributed by atoms with Gasteiger partial charge in [0.15, 0.2) is 5.82 Å². The number of rotatable bonds is 5. The van der Waals surface area contributed by atoms with E-state index in [1.165, 1.54) is 61.5 Å². The smallest absolute Gasteiger partial charge is 0.340 e. The van der Waals surface area contributed by atoms with Crippen LogP contribution >= 0.6 is 0 Å². The number of carbonyl (C=O) groups excluding carboxylic acids is 2. The highest BCUT2D eigenvalue weighted by Gasteiger charge is 2.18. The quantitative estimate of drug-likeness (QED) is 0.414. The molecule has 11 heteroatoms. The fraction of sp³-hybridized carbons (Fsp3) is 0.0455. The van der Waals surface area contributed by atoms with E-state index in [2.05, 4.69) is 21.3 Å². The van der Waals surface area contributed by atoms with Crippen LogP contribution in [0.1, 0.15) is 6.92 Å². The van der Waals surface area contributed by atoms with Gasteiger partial charge in [-0.2, -0.15) is 9.78 Å². The van der Waals surface area contributed by atoms with E-state index in [-0.39, 0.29) is 27.6 Å². The van der Waals surface area contributed by atoms with E-state index < -0.39 is 21.9 Å². The van der Waals surface area contributed by atoms with Crippen molar-refractivity contribution in [2.75, 3.05) is 10.0 Å². The lowest BCUT2D eigenvalue weighted by atomic mass is 10.0. The number of anilines is 2. The Hall–Kier alpha value is -4.25. The van der Waals surface area contributed by atoms with E-state index in [0.29, 0.717) is 16.6 Å². The zero-order valence-electron chi connectivity index (χ0n) is 17.2. The minimum absolute atomic E-state index is 0.00754. The van der Waals surface area contributed by atoms with E-state index in [9.17, 15) is 18.0 Å². The van der Waals surface area contributed by atoms with E-state index in [4.69, 9.17) is 5.73 Å². The normalized spacial score (nSPS) is 11.3. The molecule has 33 heavy (non-hydrogen) atoms. The van der Waals surface area contributed by atoms with E-state index >= 15 is 4.39 Å². The van der Waals surface area contributed by atoms with Gasteiger partial charge in [-0.25, -0.2) is 17.6 Å². The van der Waals surface area contributed by atoms with Gasteiger partial charge in [-0.05, 0) is 48.0 Å². The topological polar surface area (TPSA) is 136 Å². The second-order valence-electron chi connectivity index (χ2n) is 7.07. The van der Waals surface area contributed by atoms with Gasteiger partial charge in [0.05, 0.1) is 4.90 Å². The third kappa shape index (κ3) is 4.39. The molecule has 9 nitrogen and oxygen atoms in total. The van der Waals surface area contributed by atoms with Crippen molar-refractivity contribution in [1.82, 2.24) is 9.78 Å². The number of amides is 2. The summed E-state index contributed by atoms with van der Waals surface area (Å²) in [5.74, 6) is -0.968. The monoisotopic (exact) mass is 466 g/mol. The summed E-state index contributed by atoms with van der Waals surface area (Å²) < 4.78 is 43.6. The van der Waals surface area contributed by atoms with Crippen molar-refractivity contribution >= 4 is 44.2 Å². The summed E-state index contributed by atoms with van der Waals surface area (Å²) in [6.07, 6.45) is 2.53. The molecule has 1 heterocycles. The predicted molar refractivity (Wildman–Crippen MR) is 120 cm³/mol. The fourth-order valence-electron chi connectivity index (χ4n) is 3.25. The first kappa shape index (κ1) is 22.0. The molecule has 4 aromatic rings. The molecule has 167 valence electrons. The third-order valence-corrected chi connectivity index (χ3v) is 6.14. The molecule has 0 saturated carbocycles. The Kier molecular flexibility index (Phi) is 5.56. The van der Waals surface area contributed by atoms with Crippen molar-refractivity contribution in [3.63, 3.8) is 0 Å². The van der Waals surface area contributed by atoms with Crippen LogP contribution in [0.25, 0.3) is 22.0 Å². The number of nitrogens with two attached hydrogens (primary N) is 1. The molecule has 1 radical (unpaired) electrons. The van der Waals surface area contributed by atoms with Crippen molar-refractivity contribution in [2.24, 2.45) is 5.73 Å². The minimum atomic E-state index is -3.88. The van der Waals surface area contributed by atoms with Crippen LogP contribution in [0.4, 0.5) is 20.6 Å². The molecular formula is C22H17FN5O4S. The van der Waals surface area contributed by atoms with Crippen molar-refractivity contribution < 1.29 is 22.4 Å². The SMILES string of the molecule is CC(=O)Nc1ccc(S(=O)(=O)Nc2ccc(-c3ccc4[c]nn(C(N)=O)c4c3F)cc2)cc1. The molecule has 0 aliphatic heterocycles. The van der Waals surface area contributed by atoms with Crippen molar-refractivity contribution in [2.45, 2.75) is 11.8 Å². The molecule has 0 spiro atoms. The molecule has 1 aromatic heterocycles. The summed E-state index contributed by atoms with van der Waals surface area (Å²) in [5, 5.41) is 6.53. The van der Waals surface area contributed by atoms with Gasteiger partial charge in [-0.3, -0.25) is 9.52 Å². The van der Waals surface area contributed by atoms with Crippen molar-refractivity contribution in [3.05, 3.63) is 72.7 Å². The second kappa shape index (κ2) is 8.36. The molecule has 0 bridgehead atoms. The highest BCUT2D eigenvalue weighted by molar-refractivity contribution is 7.92. The largest absolute Gasteiger partial charge is 0.350 e. The Morgan fingerprint density at radius 2 is 1.64 bits per heavy atom. The second-order valence-corrected chi connectivity index (χ2v) is 8.76. The summed E-state index contributed by atoms with van der Waals surface area (Å²) >= 11 is 0. The predicted octanol–water partition coefficient (Wildman–Crippen LogP) is 3.33. The van der Waals surface area contributed by atoms with Crippen LogP contribution in [-0.4, -0.2) is 30.1 Å². The average molecular weight is 466 g/mol. The zero-order chi connectivity index (χ0) is 23.8. The highest BCUT2D eigenvalue weighted by atomic mass is 32.2. The van der Waals surface area contributed by atoms with E-state index in [1.54, 1.807) is 6.07 Å². The summed E-state index contributed by atoms with van der Waals surface area (Å²) in [7, 11) is -3.88. The molecule has 0 aliphatic carbocycles. The lowest BCUT2D eigenvalue weighted by Gasteiger charge is -2.11. The number of carbonyl (C=O) groups is 2. The Bertz CT molecular complexity index is 1480. The van der Waals surface area contributed by atoms with Gasteiger partial charge in [0, 0.05) is 29.2 Å². The number of nitrogens with zero attached hydrogens (tertiary/aromatic N) is 2. The molecule has 0 aliphatic rings. The first-order valence-electron chi connectivity index (χ1n) is 9.55.